The SMILES string of the molecule is Cl.N/N=C/c1ccccn1. The molecule has 1 aromatic heterocycles. The third kappa shape index (κ3) is 2.46. The van der Waals surface area contributed by atoms with Gasteiger partial charge in [-0.05, 0) is 12.1 Å². The molecule has 0 bridgehead atoms. The predicted octanol–water partition coefficient (Wildman–Crippen LogP) is 0.796. The summed E-state index contributed by atoms with van der Waals surface area (Å²) in [5, 5.41) is 3.32. The molecule has 4 heteroatoms. The zero-order chi connectivity index (χ0) is 6.53. The van der Waals surface area contributed by atoms with Crippen molar-refractivity contribution in [1.29, 1.82) is 0 Å². The van der Waals surface area contributed by atoms with Crippen LogP contribution in [0, 0.1) is 0 Å². The summed E-state index contributed by atoms with van der Waals surface area (Å²) in [6.45, 7) is 0. The van der Waals surface area contributed by atoms with Crippen LogP contribution in [0.5, 0.6) is 0 Å². The number of rotatable bonds is 1. The molecule has 0 saturated carbocycles. The largest absolute Gasteiger partial charge is 0.323 e. The first-order valence-corrected chi connectivity index (χ1v) is 2.58. The Morgan fingerprint density at radius 1 is 1.50 bits per heavy atom. The lowest BCUT2D eigenvalue weighted by Gasteiger charge is -1.85. The van der Waals surface area contributed by atoms with E-state index in [9.17, 15) is 0 Å². The zero-order valence-electron chi connectivity index (χ0n) is 5.27. The molecule has 3 nitrogen and oxygen atoms in total. The lowest BCUT2D eigenvalue weighted by molar-refractivity contribution is 1.23. The summed E-state index contributed by atoms with van der Waals surface area (Å²) in [5.74, 6) is 4.89. The van der Waals surface area contributed by atoms with Crippen LogP contribution < -0.4 is 5.84 Å². The molecule has 0 aliphatic carbocycles. The average Bonchev–Trinajstić information content (AvgIpc) is 1.91. The van der Waals surface area contributed by atoms with Crippen molar-refractivity contribution in [3.05, 3.63) is 30.1 Å². The van der Waals surface area contributed by atoms with Crippen molar-refractivity contribution in [1.82, 2.24) is 4.98 Å². The summed E-state index contributed by atoms with van der Waals surface area (Å²) >= 11 is 0. The topological polar surface area (TPSA) is 51.3 Å². The molecule has 0 radical (unpaired) electrons. The Morgan fingerprint density at radius 2 is 2.30 bits per heavy atom. The monoisotopic (exact) mass is 157 g/mol. The minimum absolute atomic E-state index is 0. The Hall–Kier alpha value is -1.09. The molecule has 1 rings (SSSR count). The molecule has 0 saturated heterocycles. The number of hydrogen-bond donors (Lipinski definition) is 1. The van der Waals surface area contributed by atoms with E-state index >= 15 is 0 Å². The second kappa shape index (κ2) is 4.76. The van der Waals surface area contributed by atoms with E-state index < -0.39 is 0 Å². The average molecular weight is 158 g/mol. The third-order valence-corrected chi connectivity index (χ3v) is 0.895. The van der Waals surface area contributed by atoms with E-state index in [4.69, 9.17) is 5.84 Å². The summed E-state index contributed by atoms with van der Waals surface area (Å²) in [6, 6.07) is 5.55. The lowest BCUT2D eigenvalue weighted by atomic mass is 10.4. The molecule has 0 spiro atoms. The van der Waals surface area contributed by atoms with E-state index in [1.165, 1.54) is 6.21 Å². The van der Waals surface area contributed by atoms with Crippen LogP contribution in [-0.2, 0) is 0 Å². The van der Waals surface area contributed by atoms with Crippen LogP contribution in [0.3, 0.4) is 0 Å². The van der Waals surface area contributed by atoms with Crippen molar-refractivity contribution < 1.29 is 0 Å². The third-order valence-electron chi connectivity index (χ3n) is 0.895. The van der Waals surface area contributed by atoms with Crippen LogP contribution in [0.2, 0.25) is 0 Å². The van der Waals surface area contributed by atoms with E-state index in [2.05, 4.69) is 10.1 Å². The lowest BCUT2D eigenvalue weighted by Crippen LogP contribution is -1.88. The molecule has 10 heavy (non-hydrogen) atoms. The molecular formula is C6H8ClN3. The molecule has 2 N–H and O–H groups in total. The molecule has 1 aromatic rings. The molecule has 0 aliphatic rings. The van der Waals surface area contributed by atoms with Gasteiger partial charge in [0.15, 0.2) is 0 Å². The molecule has 0 aliphatic heterocycles. The number of halogens is 1. The van der Waals surface area contributed by atoms with Crippen LogP contribution in [-0.4, -0.2) is 11.2 Å². The first kappa shape index (κ1) is 8.91. The first-order valence-electron chi connectivity index (χ1n) is 2.58. The van der Waals surface area contributed by atoms with Crippen LogP contribution in [0.25, 0.3) is 0 Å². The van der Waals surface area contributed by atoms with Gasteiger partial charge in [-0.3, -0.25) is 4.98 Å². The Balaban J connectivity index is 0.000000810. The summed E-state index contributed by atoms with van der Waals surface area (Å²) in [7, 11) is 0. The van der Waals surface area contributed by atoms with Crippen molar-refractivity contribution in [2.75, 3.05) is 0 Å². The first-order chi connectivity index (χ1) is 4.43. The van der Waals surface area contributed by atoms with E-state index in [0.717, 1.165) is 5.69 Å². The van der Waals surface area contributed by atoms with Gasteiger partial charge in [0.25, 0.3) is 0 Å². The van der Waals surface area contributed by atoms with Gasteiger partial charge in [0.2, 0.25) is 0 Å². The van der Waals surface area contributed by atoms with Gasteiger partial charge in [-0.1, -0.05) is 6.07 Å². The number of hydrazone groups is 1. The van der Waals surface area contributed by atoms with Crippen molar-refractivity contribution in [2.24, 2.45) is 10.9 Å². The van der Waals surface area contributed by atoms with Crippen molar-refractivity contribution in [2.45, 2.75) is 0 Å². The van der Waals surface area contributed by atoms with E-state index in [1.807, 2.05) is 18.2 Å². The van der Waals surface area contributed by atoms with Crippen LogP contribution >= 0.6 is 12.4 Å². The smallest absolute Gasteiger partial charge is 0.0830 e. The summed E-state index contributed by atoms with van der Waals surface area (Å²) in [6.07, 6.45) is 3.19. The molecule has 0 unspecified atom stereocenters. The fourth-order valence-electron chi connectivity index (χ4n) is 0.529. The van der Waals surface area contributed by atoms with Gasteiger partial charge < -0.3 is 5.84 Å². The number of nitrogens with two attached hydrogens (primary N) is 1. The molecule has 1 heterocycles. The minimum Gasteiger partial charge on any atom is -0.323 e. The highest BCUT2D eigenvalue weighted by atomic mass is 35.5. The zero-order valence-corrected chi connectivity index (χ0v) is 6.08. The van der Waals surface area contributed by atoms with Gasteiger partial charge in [-0.2, -0.15) is 5.10 Å². The van der Waals surface area contributed by atoms with Crippen LogP contribution in [0.1, 0.15) is 5.69 Å². The molecule has 0 amide bonds. The van der Waals surface area contributed by atoms with Gasteiger partial charge in [0.1, 0.15) is 0 Å². The van der Waals surface area contributed by atoms with Crippen LogP contribution in [0.4, 0.5) is 0 Å². The normalized spacial score (nSPS) is 9.20. The fraction of sp³-hybridized carbons (Fsp3) is 0. The van der Waals surface area contributed by atoms with Gasteiger partial charge in [-0.15, -0.1) is 12.4 Å². The van der Waals surface area contributed by atoms with Crippen molar-refractivity contribution >= 4 is 18.6 Å². The molecule has 0 aromatic carbocycles. The van der Waals surface area contributed by atoms with E-state index in [0.29, 0.717) is 0 Å². The number of aromatic nitrogens is 1. The molecule has 54 valence electrons. The maximum absolute atomic E-state index is 4.89. The van der Waals surface area contributed by atoms with E-state index in [1.54, 1.807) is 6.20 Å². The fourth-order valence-corrected chi connectivity index (χ4v) is 0.529. The summed E-state index contributed by atoms with van der Waals surface area (Å²) < 4.78 is 0. The number of hydrogen-bond acceptors (Lipinski definition) is 3. The highest BCUT2D eigenvalue weighted by molar-refractivity contribution is 5.85. The van der Waals surface area contributed by atoms with Gasteiger partial charge in [0, 0.05) is 6.20 Å². The van der Waals surface area contributed by atoms with Crippen LogP contribution in [0.15, 0.2) is 29.5 Å². The molecule has 0 atom stereocenters. The standard InChI is InChI=1S/C6H7N3.ClH/c7-9-5-6-3-1-2-4-8-6;/h1-5H,7H2;1H/b9-5+;. The van der Waals surface area contributed by atoms with Crippen molar-refractivity contribution in [3.8, 4) is 0 Å². The summed E-state index contributed by atoms with van der Waals surface area (Å²) in [4.78, 5) is 3.94. The minimum atomic E-state index is 0. The summed E-state index contributed by atoms with van der Waals surface area (Å²) in [5.41, 5.74) is 0.778. The highest BCUT2D eigenvalue weighted by Gasteiger charge is 1.81. The maximum Gasteiger partial charge on any atom is 0.0830 e. The molecular weight excluding hydrogens is 150 g/mol. The second-order valence-corrected chi connectivity index (χ2v) is 1.53. The Morgan fingerprint density at radius 3 is 2.80 bits per heavy atom. The van der Waals surface area contributed by atoms with E-state index in [-0.39, 0.29) is 12.4 Å². The Bertz CT molecular complexity index is 197. The molecule has 0 fully saturated rings. The van der Waals surface area contributed by atoms with Crippen molar-refractivity contribution in [3.63, 3.8) is 0 Å². The maximum atomic E-state index is 4.89. The van der Waals surface area contributed by atoms with Gasteiger partial charge in [-0.25, -0.2) is 0 Å². The number of pyridine rings is 1. The quantitative estimate of drug-likeness (QED) is 0.372. The van der Waals surface area contributed by atoms with Gasteiger partial charge in [0.05, 0.1) is 11.9 Å². The highest BCUT2D eigenvalue weighted by Crippen LogP contribution is 1.86. The Kier molecular flexibility index (Phi) is 4.24. The Labute approximate surface area is 65.4 Å². The second-order valence-electron chi connectivity index (χ2n) is 1.53. The predicted molar refractivity (Wildman–Crippen MR) is 43.3 cm³/mol. The van der Waals surface area contributed by atoms with Gasteiger partial charge >= 0.3 is 0 Å². The number of nitrogens with zero attached hydrogens (tertiary/aromatic N) is 2.